The molecule has 1 aromatic heterocycles. The predicted octanol–water partition coefficient (Wildman–Crippen LogP) is 11.5. The molecule has 0 atom stereocenters. The summed E-state index contributed by atoms with van der Waals surface area (Å²) in [5.74, 6) is 0. The fraction of sp³-hybridized carbons (Fsp3) is 0. The quantitative estimate of drug-likeness (QED) is 0.159. The second kappa shape index (κ2) is 8.55. The van der Waals surface area contributed by atoms with E-state index >= 15 is 0 Å². The van der Waals surface area contributed by atoms with E-state index in [1.54, 1.807) is 0 Å². The molecular weight excluding hydrogens is 496 g/mol. The molecule has 190 valence electrons. The van der Waals surface area contributed by atoms with Crippen molar-refractivity contribution < 1.29 is 22.2 Å². The van der Waals surface area contributed by atoms with E-state index in [9.17, 15) is 5.48 Å². The molecule has 9 rings (SSSR count). The molecule has 0 fully saturated rings. The molecule has 0 saturated heterocycles. The van der Waals surface area contributed by atoms with E-state index in [1.165, 1.54) is 0 Å². The zero-order valence-electron chi connectivity index (χ0n) is 34.3. The van der Waals surface area contributed by atoms with Crippen LogP contribution in [0.2, 0.25) is 0 Å². The Hall–Kier alpha value is -5.40. The smallest absolute Gasteiger partial charge is 0.136 e. The summed E-state index contributed by atoms with van der Waals surface area (Å²) in [6, 6.07) is 13.9. The average Bonchev–Trinajstić information content (AvgIpc) is 3.58. The number of benzene rings is 8. The number of hydrogen-bond acceptors (Lipinski definition) is 1. The van der Waals surface area contributed by atoms with Gasteiger partial charge in [0.25, 0.3) is 0 Å². The van der Waals surface area contributed by atoms with Crippen LogP contribution in [0.3, 0.4) is 0 Å². The molecule has 0 aliphatic rings. The van der Waals surface area contributed by atoms with Crippen molar-refractivity contribution in [3.63, 3.8) is 0 Å². The maximum absolute atomic E-state index is 9.63. The monoisotopic (exact) mass is 533 g/mol. The minimum Gasteiger partial charge on any atom is -0.456 e. The van der Waals surface area contributed by atoms with Gasteiger partial charge in [-0.05, 0) is 95.6 Å². The van der Waals surface area contributed by atoms with Gasteiger partial charge in [0.1, 0.15) is 11.2 Å². The summed E-state index contributed by atoms with van der Waals surface area (Å²) < 4.78 is 121. The van der Waals surface area contributed by atoms with Crippen molar-refractivity contribution in [3.8, 4) is 22.3 Å². The lowest BCUT2D eigenvalue weighted by Gasteiger charge is -2.15. The molecule has 1 heteroatoms. The minimum atomic E-state index is -0.697. The van der Waals surface area contributed by atoms with Crippen LogP contribution in [-0.4, -0.2) is 0 Å². The van der Waals surface area contributed by atoms with Crippen LogP contribution in [0.25, 0.3) is 87.3 Å². The van der Waals surface area contributed by atoms with Gasteiger partial charge >= 0.3 is 0 Å². The molecule has 0 amide bonds. The van der Waals surface area contributed by atoms with E-state index in [0.717, 1.165) is 32.3 Å². The highest BCUT2D eigenvalue weighted by molar-refractivity contribution is 6.25. The Morgan fingerprint density at radius 1 is 0.463 bits per heavy atom. The number of furan rings is 1. The van der Waals surface area contributed by atoms with Gasteiger partial charge in [-0.1, -0.05) is 115 Å². The van der Waals surface area contributed by atoms with Gasteiger partial charge in [-0.3, -0.25) is 0 Å². The predicted molar refractivity (Wildman–Crippen MR) is 175 cm³/mol. The highest BCUT2D eigenvalue weighted by Crippen LogP contribution is 2.45. The summed E-state index contributed by atoms with van der Waals surface area (Å²) in [4.78, 5) is 0. The van der Waals surface area contributed by atoms with Crippen LogP contribution in [0.15, 0.2) is 150 Å². The molecule has 1 heterocycles. The summed E-state index contributed by atoms with van der Waals surface area (Å²) >= 11 is 0. The molecule has 9 aromatic rings. The van der Waals surface area contributed by atoms with Crippen LogP contribution < -0.4 is 0 Å². The van der Waals surface area contributed by atoms with Crippen LogP contribution in [0.4, 0.5) is 0 Å². The second-order valence-corrected chi connectivity index (χ2v) is 9.86. The lowest BCUT2D eigenvalue weighted by atomic mass is 9.88. The fourth-order valence-corrected chi connectivity index (χ4v) is 5.79. The Labute approximate surface area is 255 Å². The minimum absolute atomic E-state index is 0.0565. The number of hydrogen-bond donors (Lipinski definition) is 0. The normalized spacial score (nSPS) is 16.3. The molecule has 0 aliphatic heterocycles. The molecule has 0 aliphatic carbocycles. The van der Waals surface area contributed by atoms with E-state index in [0.29, 0.717) is 5.56 Å². The lowest BCUT2D eigenvalue weighted by molar-refractivity contribution is 0.669. The van der Waals surface area contributed by atoms with Crippen LogP contribution in [-0.2, 0) is 0 Å². The average molecular weight is 534 g/mol. The third-order valence-electron chi connectivity index (χ3n) is 7.59. The number of fused-ring (bicyclic) bond motifs is 8. The molecule has 0 bridgehead atoms. The first kappa shape index (κ1) is 13.3. The summed E-state index contributed by atoms with van der Waals surface area (Å²) in [5.41, 5.74) is -0.637. The van der Waals surface area contributed by atoms with Gasteiger partial charge in [0, 0.05) is 10.8 Å². The van der Waals surface area contributed by atoms with Crippen LogP contribution in [0.1, 0.15) is 17.8 Å². The van der Waals surface area contributed by atoms with Gasteiger partial charge in [0.15, 0.2) is 0 Å². The topological polar surface area (TPSA) is 13.1 Å². The van der Waals surface area contributed by atoms with Crippen molar-refractivity contribution in [1.29, 1.82) is 0 Å². The third kappa shape index (κ3) is 3.36. The molecule has 0 N–H and O–H groups in total. The Kier molecular flexibility index (Phi) is 2.77. The Bertz CT molecular complexity index is 3170. The molecule has 41 heavy (non-hydrogen) atoms. The van der Waals surface area contributed by atoms with E-state index in [-0.39, 0.29) is 44.3 Å². The third-order valence-corrected chi connectivity index (χ3v) is 7.59. The van der Waals surface area contributed by atoms with Crippen LogP contribution >= 0.6 is 0 Å². The van der Waals surface area contributed by atoms with Gasteiger partial charge in [-0.25, -0.2) is 0 Å². The first-order valence-corrected chi connectivity index (χ1v) is 13.1. The SMILES string of the molecule is [2H]c1c([2H])c([2H])c(-c2c([2H])c([2H])c3c([2H])c4oc5c([2H])c([2H])c([2H])c(-c6c7ccccc7cc7c6ccc6ccccc67)c5c4c([2H])c3c2[2H])c([2H])c1[2H]. The van der Waals surface area contributed by atoms with Crippen molar-refractivity contribution in [2.75, 3.05) is 0 Å². The molecule has 0 radical (unpaired) electrons. The highest BCUT2D eigenvalue weighted by atomic mass is 16.3. The van der Waals surface area contributed by atoms with Crippen molar-refractivity contribution in [3.05, 3.63) is 145 Å². The summed E-state index contributed by atoms with van der Waals surface area (Å²) in [6.45, 7) is 0. The van der Waals surface area contributed by atoms with E-state index < -0.39 is 83.6 Å². The van der Waals surface area contributed by atoms with E-state index in [2.05, 4.69) is 6.07 Å². The van der Waals surface area contributed by atoms with Gasteiger partial charge in [-0.2, -0.15) is 0 Å². The lowest BCUT2D eigenvalue weighted by Crippen LogP contribution is -1.88. The molecular formula is C40H24O. The van der Waals surface area contributed by atoms with E-state index in [4.69, 9.17) is 16.8 Å². The Balaban J connectivity index is 1.52. The maximum atomic E-state index is 9.63. The van der Waals surface area contributed by atoms with Gasteiger partial charge < -0.3 is 4.42 Å². The number of rotatable bonds is 2. The molecule has 0 saturated carbocycles. The second-order valence-electron chi connectivity index (χ2n) is 9.86. The highest BCUT2D eigenvalue weighted by Gasteiger charge is 2.18. The Morgan fingerprint density at radius 3 is 2.20 bits per heavy atom. The van der Waals surface area contributed by atoms with Crippen LogP contribution in [0, 0.1) is 0 Å². The molecule has 1 nitrogen and oxygen atoms in total. The zero-order chi connectivity index (χ0) is 38.2. The van der Waals surface area contributed by atoms with Gasteiger partial charge in [0.05, 0.1) is 17.8 Å². The van der Waals surface area contributed by atoms with Crippen molar-refractivity contribution in [2.45, 2.75) is 0 Å². The summed E-state index contributed by atoms with van der Waals surface area (Å²) in [6.07, 6.45) is 0. The van der Waals surface area contributed by atoms with Crippen molar-refractivity contribution in [1.82, 2.24) is 0 Å². The molecule has 8 aromatic carbocycles. The van der Waals surface area contributed by atoms with Crippen LogP contribution in [0.5, 0.6) is 0 Å². The largest absolute Gasteiger partial charge is 0.456 e. The fourth-order valence-electron chi connectivity index (χ4n) is 5.79. The Morgan fingerprint density at radius 2 is 1.29 bits per heavy atom. The first-order chi connectivity index (χ1) is 25.8. The summed E-state index contributed by atoms with van der Waals surface area (Å²) in [5, 5.41) is 4.49. The standard InChI is InChI=1S/C40H24O/c1-2-9-25(10-3-1)27-17-18-28-24-38-36(23-30(28)21-27)40-34(15-8-16-37(40)41-38)39-32-14-7-5-12-29(32)22-35-31-13-6-4-11-26(31)19-20-33(35)39/h1-24H/i1D,2D,3D,8D,9D,10D,15D,16D,17D,18D,21D,23D,24D. The van der Waals surface area contributed by atoms with Gasteiger partial charge in [-0.15, -0.1) is 0 Å². The zero-order valence-corrected chi connectivity index (χ0v) is 21.3. The first-order valence-electron chi connectivity index (χ1n) is 19.6. The maximum Gasteiger partial charge on any atom is 0.136 e. The summed E-state index contributed by atoms with van der Waals surface area (Å²) in [7, 11) is 0. The van der Waals surface area contributed by atoms with Crippen molar-refractivity contribution >= 4 is 65.0 Å². The van der Waals surface area contributed by atoms with Crippen molar-refractivity contribution in [2.24, 2.45) is 0 Å². The van der Waals surface area contributed by atoms with Gasteiger partial charge in [0.2, 0.25) is 0 Å². The van der Waals surface area contributed by atoms with E-state index in [1.807, 2.05) is 60.7 Å². The molecule has 0 spiro atoms. The molecule has 0 unspecified atom stereocenters.